The molecule has 0 saturated heterocycles. The second kappa shape index (κ2) is 18.9. The number of hydrogen-bond acceptors (Lipinski definition) is 6. The number of phenols is 1. The molecule has 1 aromatic rings. The van der Waals surface area contributed by atoms with Crippen molar-refractivity contribution in [1.29, 1.82) is 0 Å². The van der Waals surface area contributed by atoms with Crippen LogP contribution < -0.4 is 16.2 Å². The molecule has 5 rings (SSSR count). The van der Waals surface area contributed by atoms with Gasteiger partial charge < -0.3 is 31.2 Å². The molecule has 0 amide bonds. The van der Waals surface area contributed by atoms with Crippen LogP contribution in [0.25, 0.3) is 0 Å². The highest BCUT2D eigenvalue weighted by Gasteiger charge is 2.34. The number of allylic oxidation sites excluding steroid dienone is 2. The summed E-state index contributed by atoms with van der Waals surface area (Å²) in [6, 6.07) is 1.70. The molecule has 4 aliphatic carbocycles. The number of aliphatic hydroxyl groups excluding tert-OH is 1. The van der Waals surface area contributed by atoms with Crippen LogP contribution in [0, 0.1) is 47.4 Å². The second-order valence-electron chi connectivity index (χ2n) is 14.0. The number of phenolic OH excluding ortho intramolecular Hbond substituents is 1. The first-order chi connectivity index (χ1) is 23.2. The molecule has 8 nitrogen and oxygen atoms in total. The number of ether oxygens (including phenoxy) is 2. The van der Waals surface area contributed by atoms with Crippen LogP contribution in [-0.2, 0) is 16.0 Å². The van der Waals surface area contributed by atoms with E-state index in [0.717, 1.165) is 80.9 Å². The van der Waals surface area contributed by atoms with Gasteiger partial charge in [-0.25, -0.2) is 4.99 Å². The maximum absolute atomic E-state index is 13.2. The Bertz CT molecular complexity index is 1400. The number of ketones is 1. The van der Waals surface area contributed by atoms with Crippen LogP contribution in [0.3, 0.4) is 0 Å². The molecule has 1 saturated carbocycles. The highest BCUT2D eigenvalue weighted by molar-refractivity contribution is 5.89. The van der Waals surface area contributed by atoms with Gasteiger partial charge in [0.25, 0.3) is 0 Å². The number of benzene rings is 1. The van der Waals surface area contributed by atoms with Crippen LogP contribution in [0.1, 0.15) is 120 Å². The number of aliphatic hydroxyl groups is 1. The first kappa shape index (κ1) is 37.4. The number of hydrogen-bond donors (Lipinski definition) is 4. The van der Waals surface area contributed by atoms with Gasteiger partial charge in [-0.15, -0.1) is 11.8 Å². The van der Waals surface area contributed by atoms with Gasteiger partial charge in [0.1, 0.15) is 0 Å². The molecule has 0 unspecified atom stereocenters. The Kier molecular flexibility index (Phi) is 14.7. The smallest absolute Gasteiger partial charge is 0.186 e. The first-order valence-corrected chi connectivity index (χ1v) is 18.2. The molecule has 48 heavy (non-hydrogen) atoms. The minimum Gasteiger partial charge on any atom is -0.504 e. The average Bonchev–Trinajstić information content (AvgIpc) is 3.58. The summed E-state index contributed by atoms with van der Waals surface area (Å²) in [5.74, 6) is 14.9. The summed E-state index contributed by atoms with van der Waals surface area (Å²) in [4.78, 5) is 17.8. The summed E-state index contributed by atoms with van der Waals surface area (Å²) in [5.41, 5.74) is 14.4. The molecule has 0 aliphatic heterocycles. The van der Waals surface area contributed by atoms with Gasteiger partial charge >= 0.3 is 0 Å². The predicted octanol–water partition coefficient (Wildman–Crippen LogP) is 6.14. The third-order valence-electron chi connectivity index (χ3n) is 10.4. The van der Waals surface area contributed by atoms with E-state index in [1.807, 2.05) is 12.1 Å². The molecule has 6 N–H and O–H groups in total. The maximum Gasteiger partial charge on any atom is 0.186 e. The zero-order chi connectivity index (χ0) is 34.5. The van der Waals surface area contributed by atoms with Gasteiger partial charge in [0.2, 0.25) is 0 Å². The van der Waals surface area contributed by atoms with E-state index in [2.05, 4.69) is 42.5 Å². The summed E-state index contributed by atoms with van der Waals surface area (Å²) < 4.78 is 12.4. The van der Waals surface area contributed by atoms with Gasteiger partial charge in [-0.05, 0) is 112 Å². The Morgan fingerprint density at radius 3 is 2.60 bits per heavy atom. The van der Waals surface area contributed by atoms with Crippen molar-refractivity contribution in [2.45, 2.75) is 122 Å². The molecule has 4 aliphatic rings. The normalized spacial score (nSPS) is 25.1. The van der Waals surface area contributed by atoms with E-state index < -0.39 is 0 Å². The third kappa shape index (κ3) is 10.5. The second-order valence-corrected chi connectivity index (χ2v) is 14.0. The summed E-state index contributed by atoms with van der Waals surface area (Å²) in [7, 11) is 1.73. The van der Waals surface area contributed by atoms with Gasteiger partial charge in [0, 0.05) is 50.7 Å². The predicted molar refractivity (Wildman–Crippen MR) is 192 cm³/mol. The molecular formula is C40H57N3O5. The summed E-state index contributed by atoms with van der Waals surface area (Å²) >= 11 is 0. The molecule has 1 fully saturated rings. The minimum atomic E-state index is -0.226. The van der Waals surface area contributed by atoms with Gasteiger partial charge in [-0.1, -0.05) is 31.8 Å². The quantitative estimate of drug-likeness (QED) is 0.0863. The number of methoxy groups -OCH3 is 1. The molecule has 0 spiro atoms. The molecule has 0 heterocycles. The highest BCUT2D eigenvalue weighted by Crippen LogP contribution is 2.47. The van der Waals surface area contributed by atoms with E-state index in [4.69, 9.17) is 20.9 Å². The maximum atomic E-state index is 13.2. The largest absolute Gasteiger partial charge is 0.504 e. The SMILES string of the molecule is CC[C@H](C=CC(=O)CCc1cc(OC2CCCC2)c(O)c2c1C#C[C@H]1CC#CC[C@H](C)CC[C@@H]2[C@@H](COC)CC[C@@H]1N=C(N)N)CCO. The number of fused-ring (bicyclic) bond motifs is 8. The van der Waals surface area contributed by atoms with Crippen LogP contribution in [0.2, 0.25) is 0 Å². The van der Waals surface area contributed by atoms with Gasteiger partial charge in [0.15, 0.2) is 23.2 Å². The van der Waals surface area contributed by atoms with Crippen molar-refractivity contribution < 1.29 is 24.5 Å². The van der Waals surface area contributed by atoms with Crippen LogP contribution in [-0.4, -0.2) is 54.4 Å². The number of aryl methyl sites for hydroxylation is 1. The number of nitrogens with two attached hydrogens (primary N) is 2. The first-order valence-electron chi connectivity index (χ1n) is 18.2. The van der Waals surface area contributed by atoms with Gasteiger partial charge in [-0.2, -0.15) is 0 Å². The molecule has 8 heteroatoms. The highest BCUT2D eigenvalue weighted by atomic mass is 16.5. The van der Waals surface area contributed by atoms with E-state index in [9.17, 15) is 15.0 Å². The zero-order valence-corrected chi connectivity index (χ0v) is 29.3. The molecular weight excluding hydrogens is 602 g/mol. The lowest BCUT2D eigenvalue weighted by Crippen LogP contribution is -2.30. The minimum absolute atomic E-state index is 0.0220. The topological polar surface area (TPSA) is 140 Å². The number of rotatable bonds is 13. The molecule has 1 aromatic carbocycles. The Labute approximate surface area is 288 Å². The van der Waals surface area contributed by atoms with Gasteiger partial charge in [-0.3, -0.25) is 4.79 Å². The fourth-order valence-corrected chi connectivity index (χ4v) is 7.50. The van der Waals surface area contributed by atoms with E-state index in [1.54, 1.807) is 13.2 Å². The summed E-state index contributed by atoms with van der Waals surface area (Å²) in [6.45, 7) is 4.91. The van der Waals surface area contributed by atoms with E-state index in [-0.39, 0.29) is 59.9 Å². The van der Waals surface area contributed by atoms with Crippen LogP contribution >= 0.6 is 0 Å². The van der Waals surface area contributed by atoms with Crippen molar-refractivity contribution >= 4 is 11.7 Å². The zero-order valence-electron chi connectivity index (χ0n) is 29.3. The van der Waals surface area contributed by atoms with Crippen molar-refractivity contribution in [3.05, 3.63) is 34.9 Å². The fourth-order valence-electron chi connectivity index (χ4n) is 7.50. The summed E-state index contributed by atoms with van der Waals surface area (Å²) in [6.07, 6.45) is 14.6. The number of nitrogens with zero attached hydrogens (tertiary/aromatic N) is 1. The Hall–Kier alpha value is -3.46. The van der Waals surface area contributed by atoms with Gasteiger partial charge in [0.05, 0.1) is 18.1 Å². The monoisotopic (exact) mass is 659 g/mol. The van der Waals surface area contributed by atoms with E-state index >= 15 is 0 Å². The van der Waals surface area contributed by atoms with Crippen molar-refractivity contribution in [1.82, 2.24) is 0 Å². The van der Waals surface area contributed by atoms with Crippen molar-refractivity contribution in [2.24, 2.45) is 40.1 Å². The van der Waals surface area contributed by atoms with E-state index in [1.165, 1.54) is 0 Å². The number of carbonyl (C=O) groups is 1. The molecule has 2 bridgehead atoms. The third-order valence-corrected chi connectivity index (χ3v) is 10.4. The average molecular weight is 660 g/mol. The van der Waals surface area contributed by atoms with Crippen molar-refractivity contribution in [3.8, 4) is 35.2 Å². The fraction of sp³-hybridized carbons (Fsp3) is 0.650. The molecule has 6 atom stereocenters. The van der Waals surface area contributed by atoms with Crippen molar-refractivity contribution in [3.63, 3.8) is 0 Å². The number of aromatic hydroxyl groups is 1. The molecule has 0 radical (unpaired) electrons. The number of aliphatic imine (C=N–C) groups is 1. The Morgan fingerprint density at radius 1 is 1.12 bits per heavy atom. The Morgan fingerprint density at radius 2 is 1.90 bits per heavy atom. The van der Waals surface area contributed by atoms with Crippen LogP contribution in [0.4, 0.5) is 0 Å². The lowest BCUT2D eigenvalue weighted by atomic mass is 9.74. The van der Waals surface area contributed by atoms with Crippen molar-refractivity contribution in [2.75, 3.05) is 20.3 Å². The molecule has 0 aromatic heterocycles. The lowest BCUT2D eigenvalue weighted by Gasteiger charge is -2.33. The van der Waals surface area contributed by atoms with Crippen LogP contribution in [0.5, 0.6) is 11.5 Å². The number of guanidine groups is 1. The Balaban J connectivity index is 1.89. The van der Waals surface area contributed by atoms with E-state index in [0.29, 0.717) is 44.0 Å². The van der Waals surface area contributed by atoms with Crippen LogP contribution in [0.15, 0.2) is 23.2 Å². The standard InChI is InChI=1S/C40H57N3O5/c1-4-28(23-24-44)14-18-32(45)19-15-30-25-37(48-33-11-7-8-12-33)39(46)38-34(30)21-16-29-10-6-5-9-27(2)13-20-35(38)31(26-47-3)17-22-36(29)43-40(41)42/h14,18,25,27-29,31,33,35-36,44,46H,4,7-13,15,17,19-20,22-24,26H2,1-3H3,(H4,41,42,43)/t27-,28+,29+,31+,35+,36-/m0/s1. The lowest BCUT2D eigenvalue weighted by molar-refractivity contribution is -0.114. The molecule has 262 valence electrons. The number of carbonyl (C=O) groups excluding carboxylic acids is 1. The summed E-state index contributed by atoms with van der Waals surface area (Å²) in [5, 5.41) is 21.6.